The van der Waals surface area contributed by atoms with Gasteiger partial charge in [-0.1, -0.05) is 42.8 Å². The molecule has 0 amide bonds. The monoisotopic (exact) mass is 249 g/mol. The molecule has 18 heavy (non-hydrogen) atoms. The predicted molar refractivity (Wildman–Crippen MR) is 74.8 cm³/mol. The molecule has 0 bridgehead atoms. The van der Waals surface area contributed by atoms with E-state index in [1.165, 1.54) is 12.8 Å². The summed E-state index contributed by atoms with van der Waals surface area (Å²) in [7, 11) is 2.10. The van der Waals surface area contributed by atoms with Crippen molar-refractivity contribution in [2.24, 2.45) is 10.9 Å². The lowest BCUT2D eigenvalue weighted by Gasteiger charge is -2.25. The normalized spacial score (nSPS) is 13.9. The summed E-state index contributed by atoms with van der Waals surface area (Å²) in [5.74, 6) is 0.169. The summed E-state index contributed by atoms with van der Waals surface area (Å²) >= 11 is 0. The Hall–Kier alpha value is -1.55. The van der Waals surface area contributed by atoms with Gasteiger partial charge in [0.25, 0.3) is 0 Å². The molecule has 0 aliphatic heterocycles. The van der Waals surface area contributed by atoms with Crippen molar-refractivity contribution in [3.8, 4) is 0 Å². The minimum absolute atomic E-state index is 0.169. The summed E-state index contributed by atoms with van der Waals surface area (Å²) in [6, 6.07) is 8.29. The second-order valence-corrected chi connectivity index (χ2v) is 4.70. The van der Waals surface area contributed by atoms with Gasteiger partial charge in [0.15, 0.2) is 5.84 Å². The molecule has 0 heterocycles. The van der Waals surface area contributed by atoms with Crippen molar-refractivity contribution in [2.45, 2.75) is 39.3 Å². The molecule has 1 aromatic rings. The lowest BCUT2D eigenvalue weighted by molar-refractivity contribution is 0.236. The van der Waals surface area contributed by atoms with E-state index in [9.17, 15) is 0 Å². The Balaban J connectivity index is 2.84. The van der Waals surface area contributed by atoms with Crippen molar-refractivity contribution in [1.82, 2.24) is 4.90 Å². The lowest BCUT2D eigenvalue weighted by atomic mass is 10.1. The van der Waals surface area contributed by atoms with Crippen LogP contribution in [0.25, 0.3) is 0 Å². The molecule has 1 atom stereocenters. The van der Waals surface area contributed by atoms with Crippen LogP contribution >= 0.6 is 0 Å². The van der Waals surface area contributed by atoms with Gasteiger partial charge in [-0.15, -0.1) is 0 Å². The Morgan fingerprint density at radius 3 is 2.72 bits per heavy atom. The summed E-state index contributed by atoms with van der Waals surface area (Å²) in [5.41, 5.74) is 7.57. The topological polar surface area (TPSA) is 61.8 Å². The third-order valence-electron chi connectivity index (χ3n) is 3.28. The minimum atomic E-state index is 0.169. The molecule has 4 heteroatoms. The Morgan fingerprint density at radius 1 is 1.44 bits per heavy atom. The standard InChI is InChI=1S/C14H23N3O/c1-4-7-11(2)17(3)10-12-8-5-6-9-13(12)14(15)16-18/h5-6,8-9,11,18H,4,7,10H2,1-3H3,(H2,15,16). The molecule has 100 valence electrons. The van der Waals surface area contributed by atoms with E-state index in [2.05, 4.69) is 31.0 Å². The van der Waals surface area contributed by atoms with Crippen molar-refractivity contribution < 1.29 is 5.21 Å². The maximum atomic E-state index is 8.79. The Bertz CT molecular complexity index is 404. The van der Waals surface area contributed by atoms with Crippen LogP contribution in [0.2, 0.25) is 0 Å². The molecule has 3 N–H and O–H groups in total. The van der Waals surface area contributed by atoms with Crippen LogP contribution in [0.1, 0.15) is 37.8 Å². The first-order valence-electron chi connectivity index (χ1n) is 6.36. The molecule has 4 nitrogen and oxygen atoms in total. The molecular formula is C14H23N3O. The van der Waals surface area contributed by atoms with Gasteiger partial charge in [-0.2, -0.15) is 0 Å². The Morgan fingerprint density at radius 2 is 2.11 bits per heavy atom. The number of hydrogen-bond acceptors (Lipinski definition) is 3. The Labute approximate surface area is 109 Å². The zero-order valence-corrected chi connectivity index (χ0v) is 11.4. The zero-order chi connectivity index (χ0) is 13.5. The van der Waals surface area contributed by atoms with Gasteiger partial charge in [-0.3, -0.25) is 4.90 Å². The molecule has 0 spiro atoms. The van der Waals surface area contributed by atoms with E-state index in [0.29, 0.717) is 6.04 Å². The molecule has 0 aliphatic carbocycles. The average molecular weight is 249 g/mol. The number of nitrogens with two attached hydrogens (primary N) is 1. The lowest BCUT2D eigenvalue weighted by Crippen LogP contribution is -2.29. The highest BCUT2D eigenvalue weighted by Crippen LogP contribution is 2.14. The molecule has 1 aromatic carbocycles. The van der Waals surface area contributed by atoms with Crippen molar-refractivity contribution in [3.63, 3.8) is 0 Å². The highest BCUT2D eigenvalue weighted by atomic mass is 16.4. The largest absolute Gasteiger partial charge is 0.409 e. The first kappa shape index (κ1) is 14.5. The fourth-order valence-electron chi connectivity index (χ4n) is 2.02. The van der Waals surface area contributed by atoms with Gasteiger partial charge in [0.05, 0.1) is 0 Å². The van der Waals surface area contributed by atoms with Crippen molar-refractivity contribution in [3.05, 3.63) is 35.4 Å². The van der Waals surface area contributed by atoms with Crippen molar-refractivity contribution in [2.75, 3.05) is 7.05 Å². The summed E-state index contributed by atoms with van der Waals surface area (Å²) < 4.78 is 0. The first-order chi connectivity index (χ1) is 8.60. The second-order valence-electron chi connectivity index (χ2n) is 4.70. The highest BCUT2D eigenvalue weighted by molar-refractivity contribution is 5.98. The summed E-state index contributed by atoms with van der Waals surface area (Å²) in [5, 5.41) is 11.9. The SMILES string of the molecule is CCCC(C)N(C)Cc1ccccc1/C(N)=N/O. The maximum Gasteiger partial charge on any atom is 0.170 e. The predicted octanol–water partition coefficient (Wildman–Crippen LogP) is 2.40. The number of amidine groups is 1. The van der Waals surface area contributed by atoms with Gasteiger partial charge < -0.3 is 10.9 Å². The number of hydrogen-bond donors (Lipinski definition) is 2. The van der Waals surface area contributed by atoms with Crippen LogP contribution in [-0.4, -0.2) is 29.0 Å². The molecule has 1 rings (SSSR count). The van der Waals surface area contributed by atoms with Crippen LogP contribution in [0.3, 0.4) is 0 Å². The molecule has 0 saturated heterocycles. The van der Waals surface area contributed by atoms with Crippen LogP contribution in [0.15, 0.2) is 29.4 Å². The zero-order valence-electron chi connectivity index (χ0n) is 11.4. The fraction of sp³-hybridized carbons (Fsp3) is 0.500. The minimum Gasteiger partial charge on any atom is -0.409 e. The molecule has 0 aliphatic rings. The highest BCUT2D eigenvalue weighted by Gasteiger charge is 2.12. The quantitative estimate of drug-likeness (QED) is 0.352. The summed E-state index contributed by atoms with van der Waals surface area (Å²) in [6.45, 7) is 5.21. The molecule has 1 unspecified atom stereocenters. The third-order valence-corrected chi connectivity index (χ3v) is 3.28. The smallest absolute Gasteiger partial charge is 0.170 e. The Kier molecular flexibility index (Phi) is 5.65. The summed E-state index contributed by atoms with van der Waals surface area (Å²) in [6.07, 6.45) is 2.34. The van der Waals surface area contributed by atoms with Gasteiger partial charge in [0.1, 0.15) is 0 Å². The van der Waals surface area contributed by atoms with Gasteiger partial charge in [0, 0.05) is 18.2 Å². The van der Waals surface area contributed by atoms with Crippen LogP contribution in [0.5, 0.6) is 0 Å². The van der Waals surface area contributed by atoms with E-state index in [-0.39, 0.29) is 5.84 Å². The first-order valence-corrected chi connectivity index (χ1v) is 6.36. The van der Waals surface area contributed by atoms with E-state index < -0.39 is 0 Å². The maximum absolute atomic E-state index is 8.79. The van der Waals surface area contributed by atoms with E-state index >= 15 is 0 Å². The second kappa shape index (κ2) is 7.01. The van der Waals surface area contributed by atoms with Crippen LogP contribution < -0.4 is 5.73 Å². The van der Waals surface area contributed by atoms with E-state index in [4.69, 9.17) is 10.9 Å². The number of benzene rings is 1. The van der Waals surface area contributed by atoms with E-state index in [1.54, 1.807) is 0 Å². The van der Waals surface area contributed by atoms with E-state index in [1.807, 2.05) is 24.3 Å². The third kappa shape index (κ3) is 3.74. The van der Waals surface area contributed by atoms with Gasteiger partial charge in [0.2, 0.25) is 0 Å². The van der Waals surface area contributed by atoms with Crippen molar-refractivity contribution in [1.29, 1.82) is 0 Å². The molecule has 0 aromatic heterocycles. The van der Waals surface area contributed by atoms with Crippen molar-refractivity contribution >= 4 is 5.84 Å². The van der Waals surface area contributed by atoms with E-state index in [0.717, 1.165) is 17.7 Å². The van der Waals surface area contributed by atoms with Gasteiger partial charge in [-0.25, -0.2) is 0 Å². The number of nitrogens with zero attached hydrogens (tertiary/aromatic N) is 2. The average Bonchev–Trinajstić information content (AvgIpc) is 2.38. The molecule has 0 radical (unpaired) electrons. The fourth-order valence-corrected chi connectivity index (χ4v) is 2.02. The number of oxime groups is 1. The molecule has 0 saturated carbocycles. The van der Waals surface area contributed by atoms with Crippen LogP contribution in [0, 0.1) is 0 Å². The molecular weight excluding hydrogens is 226 g/mol. The van der Waals surface area contributed by atoms with Gasteiger partial charge >= 0.3 is 0 Å². The number of rotatable bonds is 6. The molecule has 0 fully saturated rings. The van der Waals surface area contributed by atoms with Crippen LogP contribution in [0.4, 0.5) is 0 Å². The van der Waals surface area contributed by atoms with Crippen LogP contribution in [-0.2, 0) is 6.54 Å². The van der Waals surface area contributed by atoms with Gasteiger partial charge in [-0.05, 0) is 26.0 Å². The summed E-state index contributed by atoms with van der Waals surface area (Å²) in [4.78, 5) is 2.28.